The zero-order valence-corrected chi connectivity index (χ0v) is 17.7. The zero-order valence-electron chi connectivity index (χ0n) is 16.1. The van der Waals surface area contributed by atoms with Crippen molar-refractivity contribution in [1.29, 1.82) is 0 Å². The standard InChI is InChI=1S/C21H23ClN4OS/c1-4-26-19(15(3)23-20(27)17-7-5-6-14(2)12-17)24-25-21(26)28-13-16-8-10-18(22)11-9-16/h5-12,15H,4,13H2,1-3H3,(H,23,27). The number of halogens is 1. The fraction of sp³-hybridized carbons (Fsp3) is 0.286. The summed E-state index contributed by atoms with van der Waals surface area (Å²) in [6.45, 7) is 6.68. The van der Waals surface area contributed by atoms with Gasteiger partial charge in [0.15, 0.2) is 11.0 Å². The second-order valence-corrected chi connectivity index (χ2v) is 7.94. The highest BCUT2D eigenvalue weighted by Crippen LogP contribution is 2.25. The molecular formula is C21H23ClN4OS. The van der Waals surface area contributed by atoms with E-state index in [1.807, 2.05) is 73.9 Å². The Morgan fingerprint density at radius 3 is 2.64 bits per heavy atom. The molecule has 1 atom stereocenters. The summed E-state index contributed by atoms with van der Waals surface area (Å²) < 4.78 is 2.04. The van der Waals surface area contributed by atoms with E-state index < -0.39 is 0 Å². The highest BCUT2D eigenvalue weighted by molar-refractivity contribution is 7.98. The van der Waals surface area contributed by atoms with Crippen molar-refractivity contribution >= 4 is 29.3 Å². The first-order chi connectivity index (χ1) is 13.5. The van der Waals surface area contributed by atoms with Gasteiger partial charge in [0.1, 0.15) is 0 Å². The van der Waals surface area contributed by atoms with E-state index in [2.05, 4.69) is 15.5 Å². The van der Waals surface area contributed by atoms with Crippen LogP contribution in [0.4, 0.5) is 0 Å². The Balaban J connectivity index is 1.69. The summed E-state index contributed by atoms with van der Waals surface area (Å²) >= 11 is 7.56. The Morgan fingerprint density at radius 2 is 1.96 bits per heavy atom. The zero-order chi connectivity index (χ0) is 20.1. The van der Waals surface area contributed by atoms with E-state index in [-0.39, 0.29) is 11.9 Å². The molecule has 0 aliphatic rings. The topological polar surface area (TPSA) is 59.8 Å². The normalized spacial score (nSPS) is 12.0. The molecule has 7 heteroatoms. The summed E-state index contributed by atoms with van der Waals surface area (Å²) in [6.07, 6.45) is 0. The Bertz CT molecular complexity index is 955. The molecule has 3 aromatic rings. The van der Waals surface area contributed by atoms with Crippen molar-refractivity contribution in [2.45, 2.75) is 44.3 Å². The molecule has 3 rings (SSSR count). The number of carbonyl (C=O) groups excluding carboxylic acids is 1. The number of aryl methyl sites for hydroxylation is 1. The maximum absolute atomic E-state index is 12.5. The van der Waals surface area contributed by atoms with E-state index in [0.717, 1.165) is 33.9 Å². The summed E-state index contributed by atoms with van der Waals surface area (Å²) in [6, 6.07) is 15.1. The van der Waals surface area contributed by atoms with Crippen LogP contribution in [0.5, 0.6) is 0 Å². The van der Waals surface area contributed by atoms with Gasteiger partial charge in [-0.25, -0.2) is 0 Å². The Morgan fingerprint density at radius 1 is 1.21 bits per heavy atom. The molecule has 0 bridgehead atoms. The van der Waals surface area contributed by atoms with E-state index in [9.17, 15) is 4.79 Å². The number of aromatic nitrogens is 3. The number of amides is 1. The molecule has 1 N–H and O–H groups in total. The maximum atomic E-state index is 12.5. The SMILES string of the molecule is CCn1c(SCc2ccc(Cl)cc2)nnc1C(C)NC(=O)c1cccc(C)c1. The predicted octanol–water partition coefficient (Wildman–Crippen LogP) is 5.04. The Hall–Kier alpha value is -2.31. The summed E-state index contributed by atoms with van der Waals surface area (Å²) in [4.78, 5) is 12.5. The number of hydrogen-bond acceptors (Lipinski definition) is 4. The van der Waals surface area contributed by atoms with Crippen molar-refractivity contribution in [3.8, 4) is 0 Å². The van der Waals surface area contributed by atoms with Crippen molar-refractivity contribution in [2.75, 3.05) is 0 Å². The first kappa shape index (κ1) is 20.4. The average molecular weight is 415 g/mol. The molecule has 0 aliphatic carbocycles. The molecule has 1 unspecified atom stereocenters. The van der Waals surface area contributed by atoms with E-state index in [1.54, 1.807) is 11.8 Å². The van der Waals surface area contributed by atoms with Gasteiger partial charge in [0.25, 0.3) is 5.91 Å². The molecule has 0 saturated carbocycles. The largest absolute Gasteiger partial charge is 0.342 e. The van der Waals surface area contributed by atoms with Crippen LogP contribution in [-0.4, -0.2) is 20.7 Å². The molecule has 146 valence electrons. The lowest BCUT2D eigenvalue weighted by molar-refractivity contribution is 0.0937. The van der Waals surface area contributed by atoms with Crippen LogP contribution >= 0.6 is 23.4 Å². The van der Waals surface area contributed by atoms with Gasteiger partial charge in [0, 0.05) is 22.9 Å². The van der Waals surface area contributed by atoms with Crippen molar-refractivity contribution in [3.63, 3.8) is 0 Å². The van der Waals surface area contributed by atoms with Gasteiger partial charge in [-0.3, -0.25) is 4.79 Å². The van der Waals surface area contributed by atoms with Crippen LogP contribution in [0.3, 0.4) is 0 Å². The van der Waals surface area contributed by atoms with Gasteiger partial charge in [-0.2, -0.15) is 0 Å². The molecule has 28 heavy (non-hydrogen) atoms. The lowest BCUT2D eigenvalue weighted by atomic mass is 10.1. The number of rotatable bonds is 7. The van der Waals surface area contributed by atoms with Crippen LogP contribution in [0.15, 0.2) is 53.7 Å². The molecule has 2 aromatic carbocycles. The minimum absolute atomic E-state index is 0.114. The van der Waals surface area contributed by atoms with E-state index >= 15 is 0 Å². The highest BCUT2D eigenvalue weighted by Gasteiger charge is 2.19. The Labute approximate surface area is 174 Å². The first-order valence-corrected chi connectivity index (χ1v) is 10.5. The number of nitrogens with zero attached hydrogens (tertiary/aromatic N) is 3. The predicted molar refractivity (Wildman–Crippen MR) is 114 cm³/mol. The van der Waals surface area contributed by atoms with Gasteiger partial charge in [-0.1, -0.05) is 53.2 Å². The monoisotopic (exact) mass is 414 g/mol. The molecule has 0 spiro atoms. The first-order valence-electron chi connectivity index (χ1n) is 9.15. The van der Waals surface area contributed by atoms with Crippen LogP contribution in [-0.2, 0) is 12.3 Å². The fourth-order valence-corrected chi connectivity index (χ4v) is 3.97. The number of hydrogen-bond donors (Lipinski definition) is 1. The molecule has 5 nitrogen and oxygen atoms in total. The molecular weight excluding hydrogens is 392 g/mol. The van der Waals surface area contributed by atoms with Crippen molar-refractivity contribution in [2.24, 2.45) is 0 Å². The molecule has 0 radical (unpaired) electrons. The van der Waals surface area contributed by atoms with Gasteiger partial charge < -0.3 is 9.88 Å². The third-order valence-corrected chi connectivity index (χ3v) is 5.65. The molecule has 0 aliphatic heterocycles. The summed E-state index contributed by atoms with van der Waals surface area (Å²) in [7, 11) is 0. The van der Waals surface area contributed by atoms with Crippen LogP contribution in [0.1, 0.15) is 47.2 Å². The number of thioether (sulfide) groups is 1. The maximum Gasteiger partial charge on any atom is 0.251 e. The van der Waals surface area contributed by atoms with Crippen molar-refractivity contribution in [1.82, 2.24) is 20.1 Å². The summed E-state index contributed by atoms with van der Waals surface area (Å²) in [5.74, 6) is 1.42. The minimum Gasteiger partial charge on any atom is -0.342 e. The molecule has 0 fully saturated rings. The molecule has 0 saturated heterocycles. The van der Waals surface area contributed by atoms with Gasteiger partial charge in [0.2, 0.25) is 0 Å². The second-order valence-electron chi connectivity index (χ2n) is 6.56. The van der Waals surface area contributed by atoms with E-state index in [1.165, 1.54) is 5.56 Å². The van der Waals surface area contributed by atoms with E-state index in [0.29, 0.717) is 5.56 Å². The summed E-state index contributed by atoms with van der Waals surface area (Å²) in [5.41, 5.74) is 2.87. The molecule has 1 heterocycles. The van der Waals surface area contributed by atoms with Crippen LogP contribution in [0.2, 0.25) is 5.02 Å². The fourth-order valence-electron chi connectivity index (χ4n) is 2.88. The van der Waals surface area contributed by atoms with Gasteiger partial charge >= 0.3 is 0 Å². The third-order valence-electron chi connectivity index (χ3n) is 4.36. The van der Waals surface area contributed by atoms with Crippen LogP contribution < -0.4 is 5.32 Å². The summed E-state index contributed by atoms with van der Waals surface area (Å²) in [5, 5.41) is 13.3. The highest BCUT2D eigenvalue weighted by atomic mass is 35.5. The quantitative estimate of drug-likeness (QED) is 0.550. The number of carbonyl (C=O) groups is 1. The van der Waals surface area contributed by atoms with Crippen molar-refractivity contribution in [3.05, 3.63) is 76.1 Å². The van der Waals surface area contributed by atoms with Gasteiger partial charge in [0.05, 0.1) is 6.04 Å². The number of nitrogens with one attached hydrogen (secondary N) is 1. The van der Waals surface area contributed by atoms with Gasteiger partial charge in [-0.05, 0) is 50.6 Å². The van der Waals surface area contributed by atoms with Crippen LogP contribution in [0, 0.1) is 6.92 Å². The average Bonchev–Trinajstić information content (AvgIpc) is 3.10. The van der Waals surface area contributed by atoms with E-state index in [4.69, 9.17) is 11.6 Å². The van der Waals surface area contributed by atoms with Crippen molar-refractivity contribution < 1.29 is 4.79 Å². The van der Waals surface area contributed by atoms with Gasteiger partial charge in [-0.15, -0.1) is 10.2 Å². The number of benzene rings is 2. The second kappa shape index (κ2) is 9.26. The third kappa shape index (κ3) is 4.94. The van der Waals surface area contributed by atoms with Crippen LogP contribution in [0.25, 0.3) is 0 Å². The Kier molecular flexibility index (Phi) is 6.75. The molecule has 1 amide bonds. The molecule has 1 aromatic heterocycles. The lowest BCUT2D eigenvalue weighted by Gasteiger charge is -2.15. The lowest BCUT2D eigenvalue weighted by Crippen LogP contribution is -2.28. The minimum atomic E-state index is -0.245. The smallest absolute Gasteiger partial charge is 0.251 e.